The lowest BCUT2D eigenvalue weighted by atomic mass is 9.79. The molecule has 1 aliphatic carbocycles. The lowest BCUT2D eigenvalue weighted by Crippen LogP contribution is -2.32. The zero-order valence-electron chi connectivity index (χ0n) is 26.8. The summed E-state index contributed by atoms with van der Waals surface area (Å²) in [5.74, 6) is -0.636. The number of carbonyl (C=O) groups is 2. The molecule has 0 bridgehead atoms. The number of fused-ring (bicyclic) bond motifs is 1. The minimum absolute atomic E-state index is 0.0460. The number of carbonyl (C=O) groups excluding carboxylic acids is 2. The van der Waals surface area contributed by atoms with Gasteiger partial charge < -0.3 is 5.32 Å². The summed E-state index contributed by atoms with van der Waals surface area (Å²) in [6, 6.07) is 24.5. The predicted octanol–water partition coefficient (Wildman–Crippen LogP) is 6.89. The molecule has 1 aliphatic rings. The topological polar surface area (TPSA) is 101 Å². The van der Waals surface area contributed by atoms with Gasteiger partial charge in [-0.3, -0.25) is 13.9 Å². The quantitative estimate of drug-likeness (QED) is 0.157. The number of rotatable bonds is 11. The zero-order chi connectivity index (χ0) is 33.5. The van der Waals surface area contributed by atoms with Crippen molar-refractivity contribution in [3.63, 3.8) is 0 Å². The van der Waals surface area contributed by atoms with E-state index in [1.165, 1.54) is 34.3 Å². The molecule has 5 aromatic rings. The first-order valence-electron chi connectivity index (χ1n) is 15.6. The molecule has 0 unspecified atom stereocenters. The third-order valence-electron chi connectivity index (χ3n) is 8.76. The minimum Gasteiger partial charge on any atom is -0.355 e. The molecule has 1 saturated carbocycles. The summed E-state index contributed by atoms with van der Waals surface area (Å²) in [6.07, 6.45) is 4.94. The Hall–Kier alpha value is -4.83. The molecule has 0 radical (unpaired) electrons. The molecule has 1 N–H and O–H groups in total. The van der Waals surface area contributed by atoms with E-state index in [1.54, 1.807) is 42.6 Å². The SMILES string of the molecule is CNC(=O)c1c(-c2ccc(F)cc2)nn2cc(N(CC3CC3)S(C)(=O)=O)c(-c3cccc(C(=O)CC(C)(C)c4ccccc4)c3)cc12. The average Bonchev–Trinajstić information content (AvgIpc) is 3.81. The molecular formula is C37H37FN4O4S. The van der Waals surface area contributed by atoms with Gasteiger partial charge in [0.1, 0.15) is 11.5 Å². The van der Waals surface area contributed by atoms with E-state index >= 15 is 0 Å². The molecule has 0 aliphatic heterocycles. The largest absolute Gasteiger partial charge is 0.355 e. The molecule has 8 nitrogen and oxygen atoms in total. The summed E-state index contributed by atoms with van der Waals surface area (Å²) in [7, 11) is -2.21. The van der Waals surface area contributed by atoms with Crippen LogP contribution in [0, 0.1) is 11.7 Å². The lowest BCUT2D eigenvalue weighted by Gasteiger charge is -2.26. The summed E-state index contributed by atoms with van der Waals surface area (Å²) in [4.78, 5) is 27.1. The number of anilines is 1. The maximum atomic E-state index is 13.8. The smallest absolute Gasteiger partial charge is 0.255 e. The fourth-order valence-electron chi connectivity index (χ4n) is 5.97. The Morgan fingerprint density at radius 2 is 1.68 bits per heavy atom. The van der Waals surface area contributed by atoms with Gasteiger partial charge in [-0.1, -0.05) is 62.4 Å². The summed E-state index contributed by atoms with van der Waals surface area (Å²) >= 11 is 0. The highest BCUT2D eigenvalue weighted by Gasteiger charge is 2.32. The van der Waals surface area contributed by atoms with Crippen molar-refractivity contribution < 1.29 is 22.4 Å². The van der Waals surface area contributed by atoms with Crippen LogP contribution in [0.15, 0.2) is 91.1 Å². The van der Waals surface area contributed by atoms with Crippen molar-refractivity contribution in [2.45, 2.75) is 38.5 Å². The summed E-state index contributed by atoms with van der Waals surface area (Å²) < 4.78 is 43.3. The van der Waals surface area contributed by atoms with Gasteiger partial charge in [0, 0.05) is 36.7 Å². The van der Waals surface area contributed by atoms with Crippen LogP contribution in [0.2, 0.25) is 0 Å². The minimum atomic E-state index is -3.73. The first-order chi connectivity index (χ1) is 22.4. The maximum Gasteiger partial charge on any atom is 0.255 e. The van der Waals surface area contributed by atoms with Gasteiger partial charge in [0.25, 0.3) is 5.91 Å². The molecule has 2 heterocycles. The van der Waals surface area contributed by atoms with Crippen molar-refractivity contribution in [2.75, 3.05) is 24.2 Å². The Morgan fingerprint density at radius 1 is 0.979 bits per heavy atom. The Labute approximate surface area is 274 Å². The second-order valence-electron chi connectivity index (χ2n) is 12.9. The van der Waals surface area contributed by atoms with Gasteiger partial charge in [-0.2, -0.15) is 5.10 Å². The van der Waals surface area contributed by atoms with Crippen LogP contribution >= 0.6 is 0 Å². The van der Waals surface area contributed by atoms with Gasteiger partial charge in [0.15, 0.2) is 5.78 Å². The monoisotopic (exact) mass is 652 g/mol. The van der Waals surface area contributed by atoms with Gasteiger partial charge >= 0.3 is 0 Å². The normalized spacial score (nSPS) is 13.5. The van der Waals surface area contributed by atoms with Crippen LogP contribution in [-0.4, -0.2) is 49.6 Å². The van der Waals surface area contributed by atoms with Crippen LogP contribution in [-0.2, 0) is 15.4 Å². The van der Waals surface area contributed by atoms with E-state index < -0.39 is 27.2 Å². The number of hydrogen-bond acceptors (Lipinski definition) is 5. The number of nitrogens with one attached hydrogen (secondary N) is 1. The average molecular weight is 653 g/mol. The number of pyridine rings is 1. The molecule has 47 heavy (non-hydrogen) atoms. The molecule has 242 valence electrons. The van der Waals surface area contributed by atoms with Crippen LogP contribution in [0.25, 0.3) is 27.9 Å². The number of Topliss-reactive ketones (excluding diaryl/α,β-unsaturated/α-hetero) is 1. The number of nitrogens with zero attached hydrogens (tertiary/aromatic N) is 3. The van der Waals surface area contributed by atoms with Crippen molar-refractivity contribution in [1.82, 2.24) is 14.9 Å². The fourth-order valence-corrected chi connectivity index (χ4v) is 6.96. The summed E-state index contributed by atoms with van der Waals surface area (Å²) in [5.41, 5.74) is 4.25. The molecule has 3 aromatic carbocycles. The molecule has 6 rings (SSSR count). The van der Waals surface area contributed by atoms with E-state index in [9.17, 15) is 22.4 Å². The number of amides is 1. The molecule has 2 aromatic heterocycles. The molecular weight excluding hydrogens is 615 g/mol. The highest BCUT2D eigenvalue weighted by atomic mass is 32.2. The first-order valence-corrected chi connectivity index (χ1v) is 17.4. The van der Waals surface area contributed by atoms with Crippen LogP contribution in [0.5, 0.6) is 0 Å². The standard InChI is InChI=1S/C37H37FN4O4S/c1-37(2,28-11-6-5-7-12-28)21-33(43)27-10-8-9-26(19-27)30-20-31-34(36(44)39-3)35(25-15-17-29(38)18-16-25)40-41(31)23-32(30)42(47(4,45)46)22-24-13-14-24/h5-12,15-20,23-24H,13-14,21-22H2,1-4H3,(H,39,44). The van der Waals surface area contributed by atoms with E-state index in [2.05, 4.69) is 5.32 Å². The Kier molecular flexibility index (Phi) is 8.48. The maximum absolute atomic E-state index is 13.8. The van der Waals surface area contributed by atoms with Crippen LogP contribution in [0.1, 0.15) is 59.4 Å². The number of hydrogen-bond donors (Lipinski definition) is 1. The number of benzene rings is 3. The number of sulfonamides is 1. The highest BCUT2D eigenvalue weighted by Crippen LogP contribution is 2.40. The molecule has 0 saturated heterocycles. The molecule has 0 spiro atoms. The van der Waals surface area contributed by atoms with Gasteiger partial charge in [-0.15, -0.1) is 0 Å². The third-order valence-corrected chi connectivity index (χ3v) is 9.91. The Balaban J connectivity index is 1.53. The predicted molar refractivity (Wildman–Crippen MR) is 183 cm³/mol. The summed E-state index contributed by atoms with van der Waals surface area (Å²) in [6.45, 7) is 4.38. The van der Waals surface area contributed by atoms with Crippen LogP contribution in [0.4, 0.5) is 10.1 Å². The highest BCUT2D eigenvalue weighted by molar-refractivity contribution is 7.92. The third kappa shape index (κ3) is 6.69. The van der Waals surface area contributed by atoms with E-state index in [0.717, 1.165) is 18.4 Å². The molecule has 10 heteroatoms. The lowest BCUT2D eigenvalue weighted by molar-refractivity contribution is 0.0952. The molecule has 0 atom stereocenters. The molecule has 1 fully saturated rings. The second kappa shape index (κ2) is 12.4. The van der Waals surface area contributed by atoms with Crippen LogP contribution < -0.4 is 9.62 Å². The zero-order valence-corrected chi connectivity index (χ0v) is 27.6. The van der Waals surface area contributed by atoms with Crippen LogP contribution in [0.3, 0.4) is 0 Å². The van der Waals surface area contributed by atoms with Crippen molar-refractivity contribution in [2.24, 2.45) is 5.92 Å². The van der Waals surface area contributed by atoms with Gasteiger partial charge in [-0.05, 0) is 71.7 Å². The van der Waals surface area contributed by atoms with Crippen molar-refractivity contribution in [3.05, 3.63) is 114 Å². The van der Waals surface area contributed by atoms with Gasteiger partial charge in [-0.25, -0.2) is 17.3 Å². The number of ketones is 1. The number of halogens is 1. The number of aromatic nitrogens is 2. The Morgan fingerprint density at radius 3 is 2.32 bits per heavy atom. The van der Waals surface area contributed by atoms with Crippen molar-refractivity contribution >= 4 is 32.9 Å². The van der Waals surface area contributed by atoms with Gasteiger partial charge in [0.2, 0.25) is 10.0 Å². The molecule has 1 amide bonds. The van der Waals surface area contributed by atoms with Crippen molar-refractivity contribution in [1.29, 1.82) is 0 Å². The van der Waals surface area contributed by atoms with E-state index in [0.29, 0.717) is 45.7 Å². The van der Waals surface area contributed by atoms with E-state index in [-0.39, 0.29) is 23.7 Å². The first kappa shape index (κ1) is 32.1. The van der Waals surface area contributed by atoms with Crippen molar-refractivity contribution in [3.8, 4) is 22.4 Å². The van der Waals surface area contributed by atoms with Gasteiger partial charge in [0.05, 0.1) is 29.2 Å². The Bertz CT molecular complexity index is 2090. The van der Waals surface area contributed by atoms with E-state index in [1.807, 2.05) is 50.2 Å². The second-order valence-corrected chi connectivity index (χ2v) is 14.8. The van der Waals surface area contributed by atoms with E-state index in [4.69, 9.17) is 5.10 Å². The fraction of sp³-hybridized carbons (Fsp3) is 0.270. The summed E-state index contributed by atoms with van der Waals surface area (Å²) in [5, 5.41) is 7.39.